The Morgan fingerprint density at radius 1 is 1.44 bits per heavy atom. The molecule has 2 heteroatoms. The first kappa shape index (κ1) is 12.2. The third kappa shape index (κ3) is 4.59. The van der Waals surface area contributed by atoms with E-state index in [-0.39, 0.29) is 0 Å². The van der Waals surface area contributed by atoms with Gasteiger partial charge in [-0.3, -0.25) is 0 Å². The number of allylic oxidation sites excluding steroid dienone is 1. The highest BCUT2D eigenvalue weighted by Crippen LogP contribution is 2.05. The molecule has 0 saturated heterocycles. The van der Waals surface area contributed by atoms with Gasteiger partial charge in [-0.05, 0) is 18.9 Å². The van der Waals surface area contributed by atoms with E-state index in [0.717, 1.165) is 5.56 Å². The molecule has 0 unspecified atom stereocenters. The maximum Gasteiger partial charge on any atom is 0.0940 e. The molecule has 0 fully saturated rings. The van der Waals surface area contributed by atoms with Crippen LogP contribution in [-0.4, -0.2) is 11.2 Å². The van der Waals surface area contributed by atoms with Crippen molar-refractivity contribution in [3.63, 3.8) is 0 Å². The fraction of sp³-hybridized carbons (Fsp3) is 0.214. The van der Waals surface area contributed by atoms with Crippen LogP contribution in [0.4, 0.5) is 0 Å². The van der Waals surface area contributed by atoms with Crippen LogP contribution >= 0.6 is 0 Å². The van der Waals surface area contributed by atoms with Crippen molar-refractivity contribution < 1.29 is 5.11 Å². The minimum absolute atomic E-state index is 0.475. The van der Waals surface area contributed by atoms with Gasteiger partial charge in [-0.15, -0.1) is 0 Å². The maximum absolute atomic E-state index is 9.61. The number of aliphatic hydroxyl groups excluding tert-OH is 1. The molecule has 1 atom stereocenters. The van der Waals surface area contributed by atoms with Crippen LogP contribution in [0.2, 0.25) is 0 Å². The van der Waals surface area contributed by atoms with Crippen LogP contribution in [0.5, 0.6) is 0 Å². The Balaban J connectivity index is 2.50. The normalized spacial score (nSPS) is 13.7. The van der Waals surface area contributed by atoms with Crippen LogP contribution in [0.1, 0.15) is 18.9 Å². The predicted octanol–water partition coefficient (Wildman–Crippen LogP) is 2.92. The Morgan fingerprint density at radius 2 is 2.12 bits per heavy atom. The minimum atomic E-state index is -0.538. The van der Waals surface area contributed by atoms with Gasteiger partial charge >= 0.3 is 0 Å². The highest BCUT2D eigenvalue weighted by Gasteiger charge is 1.96. The second kappa shape index (κ2) is 6.60. The van der Waals surface area contributed by atoms with Gasteiger partial charge in [-0.1, -0.05) is 48.6 Å². The van der Waals surface area contributed by atoms with Crippen LogP contribution in [0.25, 0.3) is 6.08 Å². The van der Waals surface area contributed by atoms with Crippen LogP contribution < -0.4 is 0 Å². The third-order valence-electron chi connectivity index (χ3n) is 2.15. The van der Waals surface area contributed by atoms with Crippen molar-refractivity contribution in [3.8, 4) is 6.07 Å². The Hall–Kier alpha value is -1.85. The molecule has 0 aromatic heterocycles. The molecule has 16 heavy (non-hydrogen) atoms. The van der Waals surface area contributed by atoms with E-state index < -0.39 is 6.10 Å². The number of hydrogen-bond donors (Lipinski definition) is 1. The van der Waals surface area contributed by atoms with Gasteiger partial charge in [0.25, 0.3) is 0 Å². The fourth-order valence-corrected chi connectivity index (χ4v) is 1.21. The average Bonchev–Trinajstić information content (AvgIpc) is 2.34. The van der Waals surface area contributed by atoms with E-state index in [1.165, 1.54) is 0 Å². The molecule has 0 spiro atoms. The lowest BCUT2D eigenvalue weighted by molar-refractivity contribution is 0.227. The minimum Gasteiger partial charge on any atom is -0.389 e. The first-order valence-corrected chi connectivity index (χ1v) is 5.20. The summed E-state index contributed by atoms with van der Waals surface area (Å²) in [6.45, 7) is 1.73. The summed E-state index contributed by atoms with van der Waals surface area (Å²) in [5.74, 6) is 0. The number of nitriles is 1. The molecule has 0 radical (unpaired) electrons. The van der Waals surface area contributed by atoms with Gasteiger partial charge in [0.05, 0.1) is 12.2 Å². The highest BCUT2D eigenvalue weighted by molar-refractivity contribution is 5.49. The first-order chi connectivity index (χ1) is 7.72. The summed E-state index contributed by atoms with van der Waals surface area (Å²) in [7, 11) is 0. The van der Waals surface area contributed by atoms with E-state index in [2.05, 4.69) is 0 Å². The van der Waals surface area contributed by atoms with Gasteiger partial charge in [0.15, 0.2) is 0 Å². The smallest absolute Gasteiger partial charge is 0.0940 e. The SMILES string of the molecule is C/C(C#N)=C\C[C@@H](O)/C=C/c1ccccc1. The highest BCUT2D eigenvalue weighted by atomic mass is 16.3. The van der Waals surface area contributed by atoms with E-state index in [0.29, 0.717) is 12.0 Å². The molecule has 1 aromatic carbocycles. The van der Waals surface area contributed by atoms with Gasteiger partial charge in [0, 0.05) is 5.57 Å². The van der Waals surface area contributed by atoms with E-state index in [1.54, 1.807) is 19.1 Å². The molecule has 0 saturated carbocycles. The summed E-state index contributed by atoms with van der Waals surface area (Å²) in [5, 5.41) is 18.2. The molecule has 1 rings (SSSR count). The molecule has 0 aliphatic carbocycles. The van der Waals surface area contributed by atoms with E-state index in [9.17, 15) is 5.11 Å². The summed E-state index contributed by atoms with van der Waals surface area (Å²) >= 11 is 0. The Morgan fingerprint density at radius 3 is 2.75 bits per heavy atom. The molecule has 0 aliphatic rings. The Labute approximate surface area is 96.2 Å². The third-order valence-corrected chi connectivity index (χ3v) is 2.15. The molecule has 0 aliphatic heterocycles. The van der Waals surface area contributed by atoms with Crippen molar-refractivity contribution in [1.29, 1.82) is 5.26 Å². The Kier molecular flexibility index (Phi) is 5.04. The zero-order valence-corrected chi connectivity index (χ0v) is 9.30. The van der Waals surface area contributed by atoms with Crippen molar-refractivity contribution in [2.24, 2.45) is 0 Å². The lowest BCUT2D eigenvalue weighted by atomic mass is 10.1. The van der Waals surface area contributed by atoms with Gasteiger partial charge in [0.1, 0.15) is 0 Å². The Bertz CT molecular complexity index is 412. The summed E-state index contributed by atoms with van der Waals surface area (Å²) in [6.07, 6.45) is 5.28. The van der Waals surface area contributed by atoms with Crippen LogP contribution in [0, 0.1) is 11.3 Å². The van der Waals surface area contributed by atoms with E-state index in [4.69, 9.17) is 5.26 Å². The monoisotopic (exact) mass is 213 g/mol. The largest absolute Gasteiger partial charge is 0.389 e. The topological polar surface area (TPSA) is 44.0 Å². The number of hydrogen-bond acceptors (Lipinski definition) is 2. The molecular formula is C14H15NO. The molecule has 0 heterocycles. The van der Waals surface area contributed by atoms with Crippen molar-refractivity contribution >= 4 is 6.08 Å². The standard InChI is InChI=1S/C14H15NO/c1-12(11-15)7-9-14(16)10-8-13-5-3-2-4-6-13/h2-8,10,14,16H,9H2,1H3/b10-8+,12-7+/t14-/m1/s1. The van der Waals surface area contributed by atoms with Crippen LogP contribution in [-0.2, 0) is 0 Å². The molecule has 1 N–H and O–H groups in total. The molecule has 2 nitrogen and oxygen atoms in total. The van der Waals surface area contributed by atoms with Crippen LogP contribution in [0.3, 0.4) is 0 Å². The average molecular weight is 213 g/mol. The first-order valence-electron chi connectivity index (χ1n) is 5.20. The van der Waals surface area contributed by atoms with Gasteiger partial charge < -0.3 is 5.11 Å². The summed E-state index contributed by atoms with van der Waals surface area (Å²) < 4.78 is 0. The summed E-state index contributed by atoms with van der Waals surface area (Å²) in [6, 6.07) is 11.8. The summed E-state index contributed by atoms with van der Waals surface area (Å²) in [5.41, 5.74) is 1.69. The number of aliphatic hydroxyl groups is 1. The van der Waals surface area contributed by atoms with Gasteiger partial charge in [0.2, 0.25) is 0 Å². The summed E-state index contributed by atoms with van der Waals surface area (Å²) in [4.78, 5) is 0. The molecule has 1 aromatic rings. The number of nitrogens with zero attached hydrogens (tertiary/aromatic N) is 1. The predicted molar refractivity (Wildman–Crippen MR) is 65.5 cm³/mol. The van der Waals surface area contributed by atoms with Crippen molar-refractivity contribution in [1.82, 2.24) is 0 Å². The lowest BCUT2D eigenvalue weighted by Crippen LogP contribution is -1.99. The molecular weight excluding hydrogens is 198 g/mol. The number of rotatable bonds is 4. The van der Waals surface area contributed by atoms with Crippen molar-refractivity contribution in [2.45, 2.75) is 19.4 Å². The fourth-order valence-electron chi connectivity index (χ4n) is 1.21. The van der Waals surface area contributed by atoms with Crippen molar-refractivity contribution in [2.75, 3.05) is 0 Å². The van der Waals surface area contributed by atoms with E-state index in [1.807, 2.05) is 42.5 Å². The number of benzene rings is 1. The maximum atomic E-state index is 9.61. The van der Waals surface area contributed by atoms with Gasteiger partial charge in [-0.2, -0.15) is 5.26 Å². The van der Waals surface area contributed by atoms with Gasteiger partial charge in [-0.25, -0.2) is 0 Å². The second-order valence-corrected chi connectivity index (χ2v) is 3.57. The second-order valence-electron chi connectivity index (χ2n) is 3.57. The van der Waals surface area contributed by atoms with Crippen molar-refractivity contribution in [3.05, 3.63) is 53.6 Å². The van der Waals surface area contributed by atoms with Crippen LogP contribution in [0.15, 0.2) is 48.1 Å². The molecule has 0 bridgehead atoms. The zero-order chi connectivity index (χ0) is 11.8. The zero-order valence-electron chi connectivity index (χ0n) is 9.30. The molecule has 82 valence electrons. The molecule has 0 amide bonds. The van der Waals surface area contributed by atoms with E-state index >= 15 is 0 Å². The lowest BCUT2D eigenvalue weighted by Gasteiger charge is -2.00. The quantitative estimate of drug-likeness (QED) is 0.781.